The first-order valence-electron chi connectivity index (χ1n) is 10.4. The number of anilines is 1. The van der Waals surface area contributed by atoms with E-state index in [1.807, 2.05) is 12.1 Å². The molecule has 1 aromatic rings. The van der Waals surface area contributed by atoms with Crippen LogP contribution in [0.15, 0.2) is 12.1 Å². The minimum Gasteiger partial charge on any atom is -0.493 e. The fourth-order valence-corrected chi connectivity index (χ4v) is 4.46. The van der Waals surface area contributed by atoms with E-state index >= 15 is 0 Å². The highest BCUT2D eigenvalue weighted by atomic mass is 16.5. The molecule has 0 bridgehead atoms. The van der Waals surface area contributed by atoms with Gasteiger partial charge in [-0.15, -0.1) is 0 Å². The summed E-state index contributed by atoms with van der Waals surface area (Å²) in [5.41, 5.74) is 0.815. The van der Waals surface area contributed by atoms with Crippen LogP contribution in [0.25, 0.3) is 0 Å². The Bertz CT molecular complexity index is 625. The summed E-state index contributed by atoms with van der Waals surface area (Å²) < 4.78 is 21.9. The molecule has 2 aliphatic rings. The maximum absolute atomic E-state index is 13.4. The van der Waals surface area contributed by atoms with Gasteiger partial charge in [0.2, 0.25) is 5.75 Å². The third-order valence-electron chi connectivity index (χ3n) is 6.04. The monoisotopic (exact) mass is 391 g/mol. The number of ketones is 1. The largest absolute Gasteiger partial charge is 0.493 e. The molecule has 0 amide bonds. The van der Waals surface area contributed by atoms with Gasteiger partial charge in [0.25, 0.3) is 0 Å². The summed E-state index contributed by atoms with van der Waals surface area (Å²) in [6.07, 6.45) is 7.38. The number of benzene rings is 1. The van der Waals surface area contributed by atoms with Crippen LogP contribution >= 0.6 is 0 Å². The lowest BCUT2D eigenvalue weighted by molar-refractivity contribution is -0.126. The number of hydrogen-bond acceptors (Lipinski definition) is 6. The molecule has 156 valence electrons. The Hall–Kier alpha value is -1.95. The first kappa shape index (κ1) is 20.8. The molecule has 1 saturated heterocycles. The maximum atomic E-state index is 13.4. The quantitative estimate of drug-likeness (QED) is 0.721. The van der Waals surface area contributed by atoms with E-state index in [4.69, 9.17) is 18.9 Å². The molecule has 1 aliphatic carbocycles. The van der Waals surface area contributed by atoms with Crippen molar-refractivity contribution in [2.24, 2.45) is 11.8 Å². The van der Waals surface area contributed by atoms with Crippen LogP contribution in [-0.2, 0) is 9.53 Å². The van der Waals surface area contributed by atoms with Crippen molar-refractivity contribution in [3.05, 3.63) is 12.1 Å². The highest BCUT2D eigenvalue weighted by molar-refractivity contribution is 5.89. The summed E-state index contributed by atoms with van der Waals surface area (Å²) in [5.74, 6) is 2.51. The Morgan fingerprint density at radius 2 is 1.57 bits per heavy atom. The highest BCUT2D eigenvalue weighted by Gasteiger charge is 2.35. The highest BCUT2D eigenvalue weighted by Crippen LogP contribution is 2.41. The Labute approximate surface area is 167 Å². The fourth-order valence-electron chi connectivity index (χ4n) is 4.46. The van der Waals surface area contributed by atoms with Crippen LogP contribution in [0.2, 0.25) is 0 Å². The number of carbonyl (C=O) groups excluding carboxylic acids is 1. The van der Waals surface area contributed by atoms with Gasteiger partial charge in [0.1, 0.15) is 0 Å². The van der Waals surface area contributed by atoms with Crippen LogP contribution in [0.3, 0.4) is 0 Å². The van der Waals surface area contributed by atoms with E-state index in [0.717, 1.165) is 57.4 Å². The minimum absolute atomic E-state index is 0.163. The summed E-state index contributed by atoms with van der Waals surface area (Å²) in [5, 5.41) is 3.53. The second-order valence-electron chi connectivity index (χ2n) is 7.72. The molecule has 0 unspecified atom stereocenters. The molecule has 6 heteroatoms. The number of Topliss-reactive ketones (excluding diaryl/α,β-unsaturated/α-hetero) is 1. The average molecular weight is 392 g/mol. The summed E-state index contributed by atoms with van der Waals surface area (Å²) in [4.78, 5) is 13.4. The lowest BCUT2D eigenvalue weighted by Gasteiger charge is -2.34. The van der Waals surface area contributed by atoms with Gasteiger partial charge in [0.15, 0.2) is 17.3 Å². The molecule has 1 N–H and O–H groups in total. The van der Waals surface area contributed by atoms with E-state index < -0.39 is 0 Å². The Balaban J connectivity index is 1.87. The average Bonchev–Trinajstić information content (AvgIpc) is 2.77. The van der Waals surface area contributed by atoms with Crippen molar-refractivity contribution in [1.29, 1.82) is 0 Å². The maximum Gasteiger partial charge on any atom is 0.203 e. The summed E-state index contributed by atoms with van der Waals surface area (Å²) in [6.45, 7) is 1.44. The molecule has 0 radical (unpaired) electrons. The van der Waals surface area contributed by atoms with E-state index in [0.29, 0.717) is 23.0 Å². The number of carbonyl (C=O) groups is 1. The standard InChI is InChI=1S/C22H33NO5/c1-25-18-13-17(14-19(26-2)22(18)27-3)23-20(15-9-11-28-12-10-15)21(24)16-7-5-4-6-8-16/h13-16,20,23H,4-12H2,1-3H3/t20-/m1/s1. The van der Waals surface area contributed by atoms with Gasteiger partial charge in [-0.1, -0.05) is 19.3 Å². The van der Waals surface area contributed by atoms with Crippen LogP contribution < -0.4 is 19.5 Å². The first-order chi connectivity index (χ1) is 13.7. The van der Waals surface area contributed by atoms with E-state index in [9.17, 15) is 4.79 Å². The second-order valence-corrected chi connectivity index (χ2v) is 7.72. The Morgan fingerprint density at radius 3 is 2.11 bits per heavy atom. The van der Waals surface area contributed by atoms with Crippen molar-refractivity contribution in [3.8, 4) is 17.2 Å². The van der Waals surface area contributed by atoms with Gasteiger partial charge in [0.05, 0.1) is 27.4 Å². The van der Waals surface area contributed by atoms with Crippen molar-refractivity contribution in [3.63, 3.8) is 0 Å². The van der Waals surface area contributed by atoms with Gasteiger partial charge < -0.3 is 24.3 Å². The third kappa shape index (κ3) is 4.72. The molecule has 6 nitrogen and oxygen atoms in total. The smallest absolute Gasteiger partial charge is 0.203 e. The van der Waals surface area contributed by atoms with Gasteiger partial charge in [-0.05, 0) is 31.6 Å². The zero-order chi connectivity index (χ0) is 19.9. The van der Waals surface area contributed by atoms with Crippen molar-refractivity contribution < 1.29 is 23.7 Å². The van der Waals surface area contributed by atoms with E-state index in [1.54, 1.807) is 21.3 Å². The van der Waals surface area contributed by atoms with Crippen molar-refractivity contribution in [1.82, 2.24) is 0 Å². The molecule has 2 fully saturated rings. The molecule has 1 saturated carbocycles. The van der Waals surface area contributed by atoms with Gasteiger partial charge in [-0.2, -0.15) is 0 Å². The van der Waals surface area contributed by atoms with Crippen LogP contribution in [0.1, 0.15) is 44.9 Å². The summed E-state index contributed by atoms with van der Waals surface area (Å²) in [6, 6.07) is 3.54. The third-order valence-corrected chi connectivity index (χ3v) is 6.04. The number of nitrogens with one attached hydrogen (secondary N) is 1. The molecule has 28 heavy (non-hydrogen) atoms. The lowest BCUT2D eigenvalue weighted by atomic mass is 9.78. The van der Waals surface area contributed by atoms with Crippen molar-refractivity contribution in [2.45, 2.75) is 51.0 Å². The van der Waals surface area contributed by atoms with Crippen LogP contribution in [-0.4, -0.2) is 46.4 Å². The Kier molecular flexibility index (Phi) is 7.43. The van der Waals surface area contributed by atoms with E-state index in [1.165, 1.54) is 6.42 Å². The second kappa shape index (κ2) is 10.0. The lowest BCUT2D eigenvalue weighted by Crippen LogP contribution is -2.43. The first-order valence-corrected chi connectivity index (χ1v) is 10.4. The summed E-state index contributed by atoms with van der Waals surface area (Å²) in [7, 11) is 4.79. The molecule has 1 heterocycles. The number of hydrogen-bond donors (Lipinski definition) is 1. The zero-order valence-corrected chi connectivity index (χ0v) is 17.3. The van der Waals surface area contributed by atoms with Crippen LogP contribution in [0.5, 0.6) is 17.2 Å². The molecule has 1 aromatic carbocycles. The topological polar surface area (TPSA) is 66.0 Å². The van der Waals surface area contributed by atoms with Crippen LogP contribution in [0, 0.1) is 11.8 Å². The number of methoxy groups -OCH3 is 3. The molecule has 1 atom stereocenters. The zero-order valence-electron chi connectivity index (χ0n) is 17.3. The molecule has 0 aromatic heterocycles. The molecular weight excluding hydrogens is 358 g/mol. The van der Waals surface area contributed by atoms with E-state index in [-0.39, 0.29) is 17.9 Å². The number of ether oxygens (including phenoxy) is 4. The van der Waals surface area contributed by atoms with Crippen molar-refractivity contribution in [2.75, 3.05) is 39.9 Å². The predicted molar refractivity (Wildman–Crippen MR) is 109 cm³/mol. The van der Waals surface area contributed by atoms with Crippen LogP contribution in [0.4, 0.5) is 5.69 Å². The molecule has 0 spiro atoms. The van der Waals surface area contributed by atoms with E-state index in [2.05, 4.69) is 5.32 Å². The van der Waals surface area contributed by atoms with Gasteiger partial charge in [-0.3, -0.25) is 4.79 Å². The molecule has 3 rings (SSSR count). The van der Waals surface area contributed by atoms with Gasteiger partial charge in [0, 0.05) is 37.0 Å². The molecule has 1 aliphatic heterocycles. The van der Waals surface area contributed by atoms with Gasteiger partial charge >= 0.3 is 0 Å². The normalized spacial score (nSPS) is 19.7. The van der Waals surface area contributed by atoms with Crippen molar-refractivity contribution >= 4 is 11.5 Å². The molecular formula is C22H33NO5. The minimum atomic E-state index is -0.213. The SMILES string of the molecule is COc1cc(N[C@@H](C(=O)C2CCCCC2)C2CCOCC2)cc(OC)c1OC. The Morgan fingerprint density at radius 1 is 0.964 bits per heavy atom. The predicted octanol–water partition coefficient (Wildman–Crippen LogP) is 4.07. The number of rotatable bonds is 8. The van der Waals surface area contributed by atoms with Gasteiger partial charge in [-0.25, -0.2) is 0 Å². The fraction of sp³-hybridized carbons (Fsp3) is 0.682. The summed E-state index contributed by atoms with van der Waals surface area (Å²) >= 11 is 0.